The summed E-state index contributed by atoms with van der Waals surface area (Å²) in [4.78, 5) is 27.5. The molecule has 1 fully saturated rings. The molecule has 0 aromatic carbocycles. The number of piperidine rings is 1. The molecule has 0 aromatic rings. The normalized spacial score (nSPS) is 16.7. The molecule has 1 rings (SSSR count). The van der Waals surface area contributed by atoms with Gasteiger partial charge in [-0.25, -0.2) is 0 Å². The van der Waals surface area contributed by atoms with Gasteiger partial charge in [-0.15, -0.1) is 0 Å². The monoisotopic (exact) mass is 254 g/mol. The van der Waals surface area contributed by atoms with E-state index in [1.54, 1.807) is 6.92 Å². The predicted octanol–water partition coefficient (Wildman–Crippen LogP) is 1.89. The standard InChI is InChI=1S/C14H26N2O2/c1-4-8-16(9-5-2)14(18)13-6-10-15(11-7-13)12(3)17/h13H,4-11H2,1-3H3. The molecule has 0 aliphatic carbocycles. The summed E-state index contributed by atoms with van der Waals surface area (Å²) in [6, 6.07) is 0. The summed E-state index contributed by atoms with van der Waals surface area (Å²) in [5.41, 5.74) is 0. The molecule has 0 spiro atoms. The number of hydrogen-bond acceptors (Lipinski definition) is 2. The van der Waals surface area contributed by atoms with Crippen molar-refractivity contribution >= 4 is 11.8 Å². The molecule has 18 heavy (non-hydrogen) atoms. The summed E-state index contributed by atoms with van der Waals surface area (Å²) in [7, 11) is 0. The van der Waals surface area contributed by atoms with Gasteiger partial charge in [-0.2, -0.15) is 0 Å². The number of rotatable bonds is 5. The van der Waals surface area contributed by atoms with Crippen LogP contribution in [0.3, 0.4) is 0 Å². The second-order valence-electron chi connectivity index (χ2n) is 5.11. The van der Waals surface area contributed by atoms with E-state index in [9.17, 15) is 9.59 Å². The van der Waals surface area contributed by atoms with Gasteiger partial charge in [-0.05, 0) is 25.7 Å². The van der Waals surface area contributed by atoms with Crippen LogP contribution in [0.25, 0.3) is 0 Å². The van der Waals surface area contributed by atoms with Crippen LogP contribution in [0.5, 0.6) is 0 Å². The van der Waals surface area contributed by atoms with E-state index in [2.05, 4.69) is 13.8 Å². The zero-order valence-corrected chi connectivity index (χ0v) is 11.9. The van der Waals surface area contributed by atoms with Crippen molar-refractivity contribution in [2.24, 2.45) is 5.92 Å². The van der Waals surface area contributed by atoms with Crippen LogP contribution in [-0.2, 0) is 9.59 Å². The lowest BCUT2D eigenvalue weighted by molar-refractivity contribution is -0.140. The first kappa shape index (κ1) is 15.0. The van der Waals surface area contributed by atoms with Crippen molar-refractivity contribution in [3.05, 3.63) is 0 Å². The molecule has 0 atom stereocenters. The van der Waals surface area contributed by atoms with Crippen molar-refractivity contribution in [1.29, 1.82) is 0 Å². The van der Waals surface area contributed by atoms with E-state index in [1.165, 1.54) is 0 Å². The molecule has 1 saturated heterocycles. The summed E-state index contributed by atoms with van der Waals surface area (Å²) in [6.07, 6.45) is 3.67. The number of carbonyl (C=O) groups is 2. The Morgan fingerprint density at radius 3 is 2.00 bits per heavy atom. The van der Waals surface area contributed by atoms with E-state index in [4.69, 9.17) is 0 Å². The number of nitrogens with zero attached hydrogens (tertiary/aromatic N) is 2. The van der Waals surface area contributed by atoms with Crippen LogP contribution >= 0.6 is 0 Å². The van der Waals surface area contributed by atoms with Crippen molar-refractivity contribution < 1.29 is 9.59 Å². The Bertz CT molecular complexity index is 278. The minimum absolute atomic E-state index is 0.124. The number of amides is 2. The van der Waals surface area contributed by atoms with E-state index in [1.807, 2.05) is 9.80 Å². The first-order chi connectivity index (χ1) is 8.60. The first-order valence-electron chi connectivity index (χ1n) is 7.14. The van der Waals surface area contributed by atoms with Crippen LogP contribution in [-0.4, -0.2) is 47.8 Å². The molecule has 0 radical (unpaired) electrons. The van der Waals surface area contributed by atoms with Crippen molar-refractivity contribution in [2.45, 2.75) is 46.5 Å². The van der Waals surface area contributed by atoms with Gasteiger partial charge in [0.05, 0.1) is 0 Å². The lowest BCUT2D eigenvalue weighted by atomic mass is 9.95. The Kier molecular flexibility index (Phi) is 6.16. The molecule has 1 heterocycles. The van der Waals surface area contributed by atoms with E-state index in [0.29, 0.717) is 5.91 Å². The van der Waals surface area contributed by atoms with Crippen molar-refractivity contribution in [3.63, 3.8) is 0 Å². The van der Waals surface area contributed by atoms with Crippen molar-refractivity contribution in [3.8, 4) is 0 Å². The highest BCUT2D eigenvalue weighted by Crippen LogP contribution is 2.20. The van der Waals surface area contributed by atoms with Gasteiger partial charge in [-0.3, -0.25) is 9.59 Å². The van der Waals surface area contributed by atoms with Crippen LogP contribution < -0.4 is 0 Å². The minimum Gasteiger partial charge on any atom is -0.343 e. The third-order valence-corrected chi connectivity index (χ3v) is 3.59. The molecule has 0 saturated carbocycles. The van der Waals surface area contributed by atoms with Crippen LogP contribution in [0.1, 0.15) is 46.5 Å². The predicted molar refractivity (Wildman–Crippen MR) is 72.1 cm³/mol. The zero-order valence-electron chi connectivity index (χ0n) is 11.9. The van der Waals surface area contributed by atoms with Crippen LogP contribution in [0.4, 0.5) is 0 Å². The minimum atomic E-state index is 0.124. The molecule has 0 bridgehead atoms. The SMILES string of the molecule is CCCN(CCC)C(=O)C1CCN(C(C)=O)CC1. The molecular weight excluding hydrogens is 228 g/mol. The molecule has 1 aliphatic rings. The summed E-state index contributed by atoms with van der Waals surface area (Å²) in [5.74, 6) is 0.542. The van der Waals surface area contributed by atoms with Gasteiger partial charge in [-0.1, -0.05) is 13.8 Å². The topological polar surface area (TPSA) is 40.6 Å². The van der Waals surface area contributed by atoms with Crippen LogP contribution in [0.2, 0.25) is 0 Å². The van der Waals surface area contributed by atoms with Gasteiger partial charge in [0.25, 0.3) is 0 Å². The highest BCUT2D eigenvalue weighted by Gasteiger charge is 2.28. The fourth-order valence-electron chi connectivity index (χ4n) is 2.57. The van der Waals surface area contributed by atoms with Crippen LogP contribution in [0, 0.1) is 5.92 Å². The molecule has 0 aromatic heterocycles. The summed E-state index contributed by atoms with van der Waals surface area (Å²) < 4.78 is 0. The molecule has 0 unspecified atom stereocenters. The molecule has 1 aliphatic heterocycles. The fraction of sp³-hybridized carbons (Fsp3) is 0.857. The van der Waals surface area contributed by atoms with Crippen molar-refractivity contribution in [1.82, 2.24) is 9.80 Å². The smallest absolute Gasteiger partial charge is 0.225 e. The number of carbonyl (C=O) groups excluding carboxylic acids is 2. The maximum atomic E-state index is 12.4. The Labute approximate surface area is 110 Å². The average Bonchev–Trinajstić information content (AvgIpc) is 2.38. The number of likely N-dealkylation sites (tertiary alicyclic amines) is 1. The molecule has 4 heteroatoms. The summed E-state index contributed by atoms with van der Waals surface area (Å²) in [5, 5.41) is 0. The first-order valence-corrected chi connectivity index (χ1v) is 7.14. The summed E-state index contributed by atoms with van der Waals surface area (Å²) in [6.45, 7) is 9.00. The highest BCUT2D eigenvalue weighted by atomic mass is 16.2. The summed E-state index contributed by atoms with van der Waals surface area (Å²) >= 11 is 0. The maximum absolute atomic E-state index is 12.4. The Balaban J connectivity index is 2.49. The molecule has 4 nitrogen and oxygen atoms in total. The average molecular weight is 254 g/mol. The third kappa shape index (κ3) is 4.00. The zero-order chi connectivity index (χ0) is 13.5. The van der Waals surface area contributed by atoms with E-state index in [-0.39, 0.29) is 11.8 Å². The van der Waals surface area contributed by atoms with Crippen LogP contribution in [0.15, 0.2) is 0 Å². The van der Waals surface area contributed by atoms with E-state index >= 15 is 0 Å². The second-order valence-corrected chi connectivity index (χ2v) is 5.11. The lowest BCUT2D eigenvalue weighted by Gasteiger charge is -2.33. The lowest BCUT2D eigenvalue weighted by Crippen LogP contribution is -2.44. The molecule has 2 amide bonds. The largest absolute Gasteiger partial charge is 0.343 e. The third-order valence-electron chi connectivity index (χ3n) is 3.59. The Hall–Kier alpha value is -1.06. The van der Waals surface area contributed by atoms with E-state index < -0.39 is 0 Å². The van der Waals surface area contributed by atoms with Gasteiger partial charge in [0.2, 0.25) is 11.8 Å². The van der Waals surface area contributed by atoms with Gasteiger partial charge in [0.15, 0.2) is 0 Å². The van der Waals surface area contributed by atoms with Gasteiger partial charge >= 0.3 is 0 Å². The van der Waals surface area contributed by atoms with Gasteiger partial charge in [0.1, 0.15) is 0 Å². The number of hydrogen-bond donors (Lipinski definition) is 0. The quantitative estimate of drug-likeness (QED) is 0.752. The molecule has 104 valence electrons. The van der Waals surface area contributed by atoms with Gasteiger partial charge in [0, 0.05) is 39.0 Å². The second kappa shape index (κ2) is 7.39. The van der Waals surface area contributed by atoms with Crippen molar-refractivity contribution in [2.75, 3.05) is 26.2 Å². The highest BCUT2D eigenvalue weighted by molar-refractivity contribution is 5.79. The Morgan fingerprint density at radius 1 is 1.11 bits per heavy atom. The maximum Gasteiger partial charge on any atom is 0.225 e. The van der Waals surface area contributed by atoms with E-state index in [0.717, 1.165) is 51.9 Å². The molecule has 0 N–H and O–H groups in total. The Morgan fingerprint density at radius 2 is 1.61 bits per heavy atom. The molecular formula is C14H26N2O2. The fourth-order valence-corrected chi connectivity index (χ4v) is 2.57. The van der Waals surface area contributed by atoms with Gasteiger partial charge < -0.3 is 9.80 Å².